The van der Waals surface area contributed by atoms with Crippen LogP contribution in [0.2, 0.25) is 5.02 Å². The number of hydrogen-bond donors (Lipinski definition) is 0. The fourth-order valence-corrected chi connectivity index (χ4v) is 3.70. The Morgan fingerprint density at radius 1 is 1.20 bits per heavy atom. The van der Waals surface area contributed by atoms with Crippen LogP contribution in [0.15, 0.2) is 18.2 Å². The van der Waals surface area contributed by atoms with Crippen LogP contribution >= 0.6 is 11.6 Å². The highest BCUT2D eigenvalue weighted by atomic mass is 35.5. The molecule has 3 heteroatoms. The molecule has 0 aliphatic heterocycles. The number of aryl methyl sites for hydroxylation is 1. The first-order valence-electron chi connectivity index (χ1n) is 7.58. The van der Waals surface area contributed by atoms with Gasteiger partial charge in [0.2, 0.25) is 0 Å². The number of ketones is 1. The monoisotopic (exact) mass is 292 g/mol. The van der Waals surface area contributed by atoms with Crippen molar-refractivity contribution in [3.8, 4) is 5.75 Å². The Labute approximate surface area is 125 Å². The average molecular weight is 293 g/mol. The second-order valence-corrected chi connectivity index (χ2v) is 6.62. The number of hydrogen-bond acceptors (Lipinski definition) is 2. The van der Waals surface area contributed by atoms with Gasteiger partial charge in [0.05, 0.1) is 5.41 Å². The third-order valence-electron chi connectivity index (χ3n) is 4.95. The second kappa shape index (κ2) is 5.40. The predicted octanol–water partition coefficient (Wildman–Crippen LogP) is 4.71. The molecule has 2 fully saturated rings. The molecular weight excluding hydrogens is 272 g/mol. The van der Waals surface area contributed by atoms with E-state index in [4.69, 9.17) is 16.3 Å². The highest BCUT2D eigenvalue weighted by molar-refractivity contribution is 6.31. The summed E-state index contributed by atoms with van der Waals surface area (Å²) >= 11 is 6.04. The van der Waals surface area contributed by atoms with Gasteiger partial charge in [-0.15, -0.1) is 0 Å². The molecular formula is C17H21ClO2. The maximum atomic E-state index is 12.2. The van der Waals surface area contributed by atoms with Gasteiger partial charge in [-0.3, -0.25) is 4.79 Å². The van der Waals surface area contributed by atoms with Gasteiger partial charge in [0.1, 0.15) is 17.6 Å². The molecule has 0 saturated heterocycles. The molecule has 0 aromatic heterocycles. The molecule has 1 spiro atoms. The lowest BCUT2D eigenvalue weighted by molar-refractivity contribution is -0.154. The van der Waals surface area contributed by atoms with E-state index in [0.717, 1.165) is 42.0 Å². The minimum Gasteiger partial charge on any atom is -0.489 e. The van der Waals surface area contributed by atoms with E-state index in [2.05, 4.69) is 0 Å². The largest absolute Gasteiger partial charge is 0.489 e. The van der Waals surface area contributed by atoms with Crippen molar-refractivity contribution in [2.24, 2.45) is 5.41 Å². The van der Waals surface area contributed by atoms with E-state index in [9.17, 15) is 4.79 Å². The molecule has 108 valence electrons. The van der Waals surface area contributed by atoms with Gasteiger partial charge in [0.15, 0.2) is 0 Å². The zero-order valence-electron chi connectivity index (χ0n) is 12.0. The third kappa shape index (κ3) is 2.35. The van der Waals surface area contributed by atoms with E-state index in [1.165, 1.54) is 12.8 Å². The lowest BCUT2D eigenvalue weighted by Crippen LogP contribution is -2.56. The summed E-state index contributed by atoms with van der Waals surface area (Å²) in [5.74, 6) is 1.25. The lowest BCUT2D eigenvalue weighted by atomic mass is 9.60. The molecule has 2 nitrogen and oxygen atoms in total. The van der Waals surface area contributed by atoms with Gasteiger partial charge in [0, 0.05) is 11.4 Å². The van der Waals surface area contributed by atoms with Crippen molar-refractivity contribution in [3.63, 3.8) is 0 Å². The third-order valence-corrected chi connectivity index (χ3v) is 5.37. The van der Waals surface area contributed by atoms with Crippen LogP contribution in [-0.2, 0) is 4.79 Å². The number of carbonyl (C=O) groups excluding carboxylic acids is 1. The minimum atomic E-state index is -0.190. The number of halogens is 1. The summed E-state index contributed by atoms with van der Waals surface area (Å²) in [4.78, 5) is 12.2. The van der Waals surface area contributed by atoms with E-state index in [0.29, 0.717) is 12.2 Å². The van der Waals surface area contributed by atoms with Crippen LogP contribution < -0.4 is 4.74 Å². The number of carbonyl (C=O) groups is 1. The maximum Gasteiger partial charge on any atom is 0.146 e. The molecule has 1 aromatic rings. The maximum absolute atomic E-state index is 12.2. The smallest absolute Gasteiger partial charge is 0.146 e. The number of Topliss-reactive ketones (excluding diaryl/α,β-unsaturated/α-hetero) is 1. The van der Waals surface area contributed by atoms with Crippen molar-refractivity contribution < 1.29 is 9.53 Å². The Hall–Kier alpha value is -1.02. The second-order valence-electron chi connectivity index (χ2n) is 6.22. The van der Waals surface area contributed by atoms with Crippen LogP contribution in [0.3, 0.4) is 0 Å². The molecule has 0 N–H and O–H groups in total. The summed E-state index contributed by atoms with van der Waals surface area (Å²) in [6, 6.07) is 5.74. The zero-order valence-corrected chi connectivity index (χ0v) is 12.7. The van der Waals surface area contributed by atoms with Gasteiger partial charge >= 0.3 is 0 Å². The van der Waals surface area contributed by atoms with E-state index >= 15 is 0 Å². The summed E-state index contributed by atoms with van der Waals surface area (Å²) in [6.45, 7) is 1.97. The van der Waals surface area contributed by atoms with Gasteiger partial charge in [-0.2, -0.15) is 0 Å². The molecule has 2 aliphatic rings. The van der Waals surface area contributed by atoms with Crippen LogP contribution in [0, 0.1) is 12.3 Å². The van der Waals surface area contributed by atoms with Crippen LogP contribution in [-0.4, -0.2) is 11.9 Å². The summed E-state index contributed by atoms with van der Waals surface area (Å²) in [5, 5.41) is 0.756. The molecule has 1 atom stereocenters. The van der Waals surface area contributed by atoms with Crippen molar-refractivity contribution in [3.05, 3.63) is 28.8 Å². The van der Waals surface area contributed by atoms with Crippen LogP contribution in [0.1, 0.15) is 50.5 Å². The Bertz CT molecular complexity index is 516. The normalized spacial score (nSPS) is 25.1. The van der Waals surface area contributed by atoms with Gasteiger partial charge in [-0.25, -0.2) is 0 Å². The molecule has 20 heavy (non-hydrogen) atoms. The van der Waals surface area contributed by atoms with Crippen molar-refractivity contribution in [2.75, 3.05) is 0 Å². The number of ether oxygens (including phenoxy) is 1. The van der Waals surface area contributed by atoms with Gasteiger partial charge in [-0.05, 0) is 43.5 Å². The summed E-state index contributed by atoms with van der Waals surface area (Å²) in [5.41, 5.74) is 0.828. The standard InChI is InChI=1S/C17H21ClO2/c1-12-10-13(6-7-14(12)18)20-16-11-15(19)17(16)8-4-2-3-5-9-17/h6-7,10,16H,2-5,8-9,11H2,1H3. The van der Waals surface area contributed by atoms with E-state index in [1.807, 2.05) is 25.1 Å². The summed E-state index contributed by atoms with van der Waals surface area (Å²) in [7, 11) is 0. The molecule has 1 unspecified atom stereocenters. The fourth-order valence-electron chi connectivity index (χ4n) is 3.58. The zero-order chi connectivity index (χ0) is 14.2. The molecule has 2 saturated carbocycles. The molecule has 1 aromatic carbocycles. The predicted molar refractivity (Wildman–Crippen MR) is 80.4 cm³/mol. The highest BCUT2D eigenvalue weighted by Crippen LogP contribution is 2.49. The Kier molecular flexibility index (Phi) is 3.76. The van der Waals surface area contributed by atoms with Crippen LogP contribution in [0.25, 0.3) is 0 Å². The molecule has 0 bridgehead atoms. The van der Waals surface area contributed by atoms with Crippen molar-refractivity contribution in [2.45, 2.75) is 58.0 Å². The van der Waals surface area contributed by atoms with Gasteiger partial charge in [-0.1, -0.05) is 37.3 Å². The van der Waals surface area contributed by atoms with Crippen molar-refractivity contribution in [1.29, 1.82) is 0 Å². The number of rotatable bonds is 2. The van der Waals surface area contributed by atoms with Gasteiger partial charge < -0.3 is 4.74 Å². The Balaban J connectivity index is 1.76. The fraction of sp³-hybridized carbons (Fsp3) is 0.588. The van der Waals surface area contributed by atoms with E-state index in [-0.39, 0.29) is 11.5 Å². The van der Waals surface area contributed by atoms with E-state index < -0.39 is 0 Å². The lowest BCUT2D eigenvalue weighted by Gasteiger charge is -2.47. The molecule has 0 amide bonds. The first-order valence-corrected chi connectivity index (χ1v) is 7.96. The SMILES string of the molecule is Cc1cc(OC2CC(=O)C23CCCCCC3)ccc1Cl. The average Bonchev–Trinajstić information content (AvgIpc) is 2.70. The highest BCUT2D eigenvalue weighted by Gasteiger charge is 2.55. The molecule has 0 heterocycles. The molecule has 0 radical (unpaired) electrons. The Morgan fingerprint density at radius 2 is 1.90 bits per heavy atom. The quantitative estimate of drug-likeness (QED) is 0.789. The molecule has 2 aliphatic carbocycles. The topological polar surface area (TPSA) is 26.3 Å². The minimum absolute atomic E-state index is 0.0636. The van der Waals surface area contributed by atoms with E-state index in [1.54, 1.807) is 0 Å². The number of benzene rings is 1. The first kappa shape index (κ1) is 13.9. The van der Waals surface area contributed by atoms with Crippen LogP contribution in [0.4, 0.5) is 0 Å². The summed E-state index contributed by atoms with van der Waals surface area (Å²) in [6.07, 6.45) is 7.46. The van der Waals surface area contributed by atoms with Gasteiger partial charge in [0.25, 0.3) is 0 Å². The first-order chi connectivity index (χ1) is 9.62. The van der Waals surface area contributed by atoms with Crippen molar-refractivity contribution in [1.82, 2.24) is 0 Å². The Morgan fingerprint density at radius 3 is 2.50 bits per heavy atom. The van der Waals surface area contributed by atoms with Crippen LogP contribution in [0.5, 0.6) is 5.75 Å². The van der Waals surface area contributed by atoms with Crippen molar-refractivity contribution >= 4 is 17.4 Å². The molecule has 3 rings (SSSR count). The summed E-state index contributed by atoms with van der Waals surface area (Å²) < 4.78 is 6.13.